The second kappa shape index (κ2) is 7.47. The third kappa shape index (κ3) is 4.23. The van der Waals surface area contributed by atoms with E-state index in [4.69, 9.17) is 0 Å². The van der Waals surface area contributed by atoms with Crippen molar-refractivity contribution in [3.63, 3.8) is 0 Å². The summed E-state index contributed by atoms with van der Waals surface area (Å²) in [6.07, 6.45) is 0.468. The van der Waals surface area contributed by atoms with Crippen LogP contribution in [0.4, 0.5) is 4.79 Å². The smallest absolute Gasteiger partial charge is 0.407 e. The van der Waals surface area contributed by atoms with E-state index in [1.807, 2.05) is 18.7 Å². The van der Waals surface area contributed by atoms with Gasteiger partial charge in [-0.2, -0.15) is 0 Å². The summed E-state index contributed by atoms with van der Waals surface area (Å²) in [6.45, 7) is 8.89. The molecule has 1 saturated heterocycles. The minimum Gasteiger partial charge on any atom is -0.453 e. The van der Waals surface area contributed by atoms with Gasteiger partial charge in [0.1, 0.15) is 6.04 Å². The fourth-order valence-corrected chi connectivity index (χ4v) is 3.52. The quantitative estimate of drug-likeness (QED) is 0.587. The largest absolute Gasteiger partial charge is 0.453 e. The molecule has 0 aromatic carbocycles. The van der Waals surface area contributed by atoms with Crippen LogP contribution in [0.15, 0.2) is 0 Å². The maximum atomic E-state index is 12.8. The highest BCUT2D eigenvalue weighted by atomic mass is 127. The lowest BCUT2D eigenvalue weighted by molar-refractivity contribution is -0.136. The highest BCUT2D eigenvalue weighted by Gasteiger charge is 2.39. The van der Waals surface area contributed by atoms with Gasteiger partial charge in [-0.15, -0.1) is 0 Å². The predicted octanol–water partition coefficient (Wildman–Crippen LogP) is 2.43. The van der Waals surface area contributed by atoms with Gasteiger partial charge >= 0.3 is 6.09 Å². The normalized spacial score (nSPS) is 24.1. The number of ether oxygens (including phenoxy) is 1. The number of rotatable bonds is 4. The molecule has 5 nitrogen and oxygen atoms in total. The molecule has 0 aromatic heterocycles. The highest BCUT2D eigenvalue weighted by molar-refractivity contribution is 14.1. The third-order valence-corrected chi connectivity index (χ3v) is 4.64. The van der Waals surface area contributed by atoms with Gasteiger partial charge in [-0.25, -0.2) is 4.79 Å². The highest BCUT2D eigenvalue weighted by Crippen LogP contribution is 2.29. The van der Waals surface area contributed by atoms with Gasteiger partial charge in [0.05, 0.1) is 7.11 Å². The monoisotopic (exact) mass is 396 g/mol. The summed E-state index contributed by atoms with van der Waals surface area (Å²) in [5.74, 6) is 0.454. The molecule has 0 aromatic rings. The first kappa shape index (κ1) is 17.5. The van der Waals surface area contributed by atoms with E-state index < -0.39 is 12.1 Å². The van der Waals surface area contributed by atoms with E-state index in [2.05, 4.69) is 46.5 Å². The van der Waals surface area contributed by atoms with Crippen molar-refractivity contribution < 1.29 is 14.3 Å². The van der Waals surface area contributed by atoms with Crippen LogP contribution in [-0.4, -0.2) is 46.6 Å². The van der Waals surface area contributed by atoms with Gasteiger partial charge < -0.3 is 15.0 Å². The van der Waals surface area contributed by atoms with E-state index in [9.17, 15) is 9.59 Å². The first-order chi connectivity index (χ1) is 9.27. The molecule has 1 rings (SSSR count). The number of carbonyl (C=O) groups excluding carboxylic acids is 2. The van der Waals surface area contributed by atoms with Crippen molar-refractivity contribution >= 4 is 34.6 Å². The zero-order chi connectivity index (χ0) is 15.4. The van der Waals surface area contributed by atoms with E-state index in [0.29, 0.717) is 9.84 Å². The Morgan fingerprint density at radius 1 is 1.30 bits per heavy atom. The Labute approximate surface area is 134 Å². The Morgan fingerprint density at radius 3 is 2.35 bits per heavy atom. The number of nitrogens with one attached hydrogen (secondary N) is 1. The molecule has 1 aliphatic heterocycles. The van der Waals surface area contributed by atoms with Crippen molar-refractivity contribution in [1.29, 1.82) is 0 Å². The lowest BCUT2D eigenvalue weighted by Gasteiger charge is -2.32. The van der Waals surface area contributed by atoms with Gasteiger partial charge in [-0.3, -0.25) is 4.79 Å². The Bertz CT molecular complexity index is 360. The Hall–Kier alpha value is -0.530. The molecule has 1 aliphatic rings. The van der Waals surface area contributed by atoms with Crippen LogP contribution in [0, 0.1) is 11.8 Å². The minimum atomic E-state index is -0.552. The van der Waals surface area contributed by atoms with Crippen LogP contribution in [0.3, 0.4) is 0 Å². The summed E-state index contributed by atoms with van der Waals surface area (Å²) < 4.78 is 5.10. The summed E-state index contributed by atoms with van der Waals surface area (Å²) in [5, 5.41) is 2.66. The second-order valence-electron chi connectivity index (χ2n) is 5.99. The molecule has 116 valence electrons. The van der Waals surface area contributed by atoms with Gasteiger partial charge in [0, 0.05) is 16.5 Å². The number of hydrogen-bond acceptors (Lipinski definition) is 3. The SMILES string of the molecule is COC(=O)NC(C(=O)N1C[C@H](I)C[C@H]1C(C)C)C(C)C. The summed E-state index contributed by atoms with van der Waals surface area (Å²) >= 11 is 2.40. The molecule has 0 radical (unpaired) electrons. The van der Waals surface area contributed by atoms with Gasteiger partial charge in [0.25, 0.3) is 0 Å². The summed E-state index contributed by atoms with van der Waals surface area (Å²) in [6, 6.07) is -0.268. The van der Waals surface area contributed by atoms with Crippen molar-refractivity contribution in [2.45, 2.75) is 50.1 Å². The van der Waals surface area contributed by atoms with Crippen LogP contribution < -0.4 is 5.32 Å². The number of alkyl carbamates (subject to hydrolysis) is 1. The maximum Gasteiger partial charge on any atom is 0.407 e. The van der Waals surface area contributed by atoms with Crippen LogP contribution in [0.25, 0.3) is 0 Å². The topological polar surface area (TPSA) is 58.6 Å². The van der Waals surface area contributed by atoms with Gasteiger partial charge in [0.2, 0.25) is 5.91 Å². The van der Waals surface area contributed by atoms with Crippen molar-refractivity contribution in [3.8, 4) is 0 Å². The first-order valence-electron chi connectivity index (χ1n) is 7.07. The van der Waals surface area contributed by atoms with Crippen LogP contribution >= 0.6 is 22.6 Å². The first-order valence-corrected chi connectivity index (χ1v) is 8.31. The third-order valence-electron chi connectivity index (χ3n) is 3.74. The van der Waals surface area contributed by atoms with Gasteiger partial charge in [-0.05, 0) is 18.3 Å². The van der Waals surface area contributed by atoms with E-state index in [1.165, 1.54) is 7.11 Å². The van der Waals surface area contributed by atoms with Crippen LogP contribution in [0.5, 0.6) is 0 Å². The zero-order valence-corrected chi connectivity index (χ0v) is 15.0. The molecule has 0 bridgehead atoms. The number of carbonyl (C=O) groups is 2. The van der Waals surface area contributed by atoms with Crippen LogP contribution in [0.1, 0.15) is 34.1 Å². The summed E-state index contributed by atoms with van der Waals surface area (Å²) in [4.78, 5) is 26.1. The molecule has 3 atom stereocenters. The molecule has 0 saturated carbocycles. The molecular weight excluding hydrogens is 371 g/mol. The van der Waals surface area contributed by atoms with E-state index in [-0.39, 0.29) is 17.9 Å². The molecule has 6 heteroatoms. The van der Waals surface area contributed by atoms with E-state index >= 15 is 0 Å². The van der Waals surface area contributed by atoms with E-state index in [1.54, 1.807) is 0 Å². The Kier molecular flexibility index (Phi) is 6.54. The number of methoxy groups -OCH3 is 1. The molecule has 1 N–H and O–H groups in total. The average Bonchev–Trinajstić information content (AvgIpc) is 2.76. The van der Waals surface area contributed by atoms with Crippen molar-refractivity contribution in [1.82, 2.24) is 10.2 Å². The number of likely N-dealkylation sites (tertiary alicyclic amines) is 1. The lowest BCUT2D eigenvalue weighted by Crippen LogP contribution is -2.53. The number of alkyl halides is 1. The average molecular weight is 396 g/mol. The van der Waals surface area contributed by atoms with Crippen LogP contribution in [0.2, 0.25) is 0 Å². The fourth-order valence-electron chi connectivity index (χ4n) is 2.58. The number of halogens is 1. The van der Waals surface area contributed by atoms with Crippen LogP contribution in [-0.2, 0) is 9.53 Å². The van der Waals surface area contributed by atoms with E-state index in [0.717, 1.165) is 13.0 Å². The standard InChI is InChI=1S/C14H25IN2O3/c1-8(2)11-6-10(15)7-17(11)13(18)12(9(3)4)16-14(19)20-5/h8-12H,6-7H2,1-5H3,(H,16,19)/t10-,11+,12?/m1/s1. The predicted molar refractivity (Wildman–Crippen MR) is 86.9 cm³/mol. The van der Waals surface area contributed by atoms with Crippen molar-refractivity contribution in [2.24, 2.45) is 11.8 Å². The maximum absolute atomic E-state index is 12.8. The number of nitrogens with zero attached hydrogens (tertiary/aromatic N) is 1. The Balaban J connectivity index is 2.85. The van der Waals surface area contributed by atoms with Gasteiger partial charge in [0.15, 0.2) is 0 Å². The number of hydrogen-bond donors (Lipinski definition) is 1. The molecule has 20 heavy (non-hydrogen) atoms. The molecule has 2 amide bonds. The second-order valence-corrected chi connectivity index (χ2v) is 7.75. The summed E-state index contributed by atoms with van der Waals surface area (Å²) in [7, 11) is 1.31. The lowest BCUT2D eigenvalue weighted by atomic mass is 9.99. The Morgan fingerprint density at radius 2 is 1.90 bits per heavy atom. The molecular formula is C14H25IN2O3. The number of amides is 2. The molecule has 1 fully saturated rings. The van der Waals surface area contributed by atoms with Gasteiger partial charge in [-0.1, -0.05) is 50.3 Å². The summed E-state index contributed by atoms with van der Waals surface area (Å²) in [5.41, 5.74) is 0. The molecule has 0 spiro atoms. The molecule has 1 unspecified atom stereocenters. The minimum absolute atomic E-state index is 0.00302. The fraction of sp³-hybridized carbons (Fsp3) is 0.857. The van der Waals surface area contributed by atoms with Crippen molar-refractivity contribution in [2.75, 3.05) is 13.7 Å². The molecule has 1 heterocycles. The van der Waals surface area contributed by atoms with Crippen molar-refractivity contribution in [3.05, 3.63) is 0 Å². The zero-order valence-electron chi connectivity index (χ0n) is 12.9. The molecule has 0 aliphatic carbocycles.